The van der Waals surface area contributed by atoms with E-state index in [2.05, 4.69) is 21.2 Å². The number of ether oxygens (including phenoxy) is 1. The summed E-state index contributed by atoms with van der Waals surface area (Å²) in [4.78, 5) is 14.0. The molecule has 4 nitrogen and oxygen atoms in total. The molecule has 1 aromatic rings. The van der Waals surface area contributed by atoms with Crippen LogP contribution < -0.4 is 5.32 Å². The lowest BCUT2D eigenvalue weighted by Crippen LogP contribution is -2.47. The Morgan fingerprint density at radius 3 is 2.79 bits per heavy atom. The van der Waals surface area contributed by atoms with Crippen LogP contribution in [0, 0.1) is 5.82 Å². The van der Waals surface area contributed by atoms with Crippen LogP contribution >= 0.6 is 15.9 Å². The van der Waals surface area contributed by atoms with E-state index in [1.807, 2.05) is 4.90 Å². The number of nitrogens with zero attached hydrogens (tertiary/aromatic N) is 1. The van der Waals surface area contributed by atoms with Crippen LogP contribution in [-0.2, 0) is 9.53 Å². The third kappa shape index (κ3) is 3.32. The van der Waals surface area contributed by atoms with Gasteiger partial charge in [0.1, 0.15) is 11.9 Å². The molecular formula is C13H16BrFN2O2. The van der Waals surface area contributed by atoms with Gasteiger partial charge in [0.2, 0.25) is 0 Å². The second-order valence-electron chi connectivity index (χ2n) is 4.38. The van der Waals surface area contributed by atoms with Crippen molar-refractivity contribution in [2.45, 2.75) is 6.04 Å². The third-order valence-electron chi connectivity index (χ3n) is 3.19. The molecule has 19 heavy (non-hydrogen) atoms. The van der Waals surface area contributed by atoms with Gasteiger partial charge in [-0.1, -0.05) is 15.9 Å². The third-order valence-corrected chi connectivity index (χ3v) is 3.92. The Morgan fingerprint density at radius 1 is 1.47 bits per heavy atom. The van der Waals surface area contributed by atoms with E-state index in [1.54, 1.807) is 6.07 Å². The van der Waals surface area contributed by atoms with E-state index in [1.165, 1.54) is 19.2 Å². The number of piperazine rings is 1. The molecule has 6 heteroatoms. The quantitative estimate of drug-likeness (QED) is 0.857. The van der Waals surface area contributed by atoms with Gasteiger partial charge in [-0.05, 0) is 23.8 Å². The van der Waals surface area contributed by atoms with Crippen molar-refractivity contribution >= 4 is 21.9 Å². The van der Waals surface area contributed by atoms with Gasteiger partial charge in [0.25, 0.3) is 0 Å². The average molecular weight is 331 g/mol. The summed E-state index contributed by atoms with van der Waals surface area (Å²) < 4.78 is 19.0. The minimum atomic E-state index is -0.572. The number of carbonyl (C=O) groups excluding carboxylic acids is 1. The summed E-state index contributed by atoms with van der Waals surface area (Å²) in [5.41, 5.74) is 0.605. The molecule has 1 saturated heterocycles. The lowest BCUT2D eigenvalue weighted by atomic mass is 10.0. The van der Waals surface area contributed by atoms with Crippen LogP contribution in [0.1, 0.15) is 11.6 Å². The van der Waals surface area contributed by atoms with Crippen molar-refractivity contribution in [1.29, 1.82) is 0 Å². The monoisotopic (exact) mass is 330 g/mol. The zero-order chi connectivity index (χ0) is 13.8. The predicted octanol–water partition coefficient (Wildman–Crippen LogP) is 1.71. The molecular weight excluding hydrogens is 315 g/mol. The first-order valence-electron chi connectivity index (χ1n) is 6.11. The standard InChI is InChI=1S/C13H16BrFN2O2/c1-19-13(18)12(17-6-4-16-5-7-17)10-8-9(15)2-3-11(10)14/h2-3,8,12,16H,4-7H2,1H3. The van der Waals surface area contributed by atoms with Gasteiger partial charge in [-0.3, -0.25) is 4.90 Å². The van der Waals surface area contributed by atoms with Gasteiger partial charge in [0.15, 0.2) is 0 Å². The Labute approximate surface area is 120 Å². The first-order chi connectivity index (χ1) is 9.13. The summed E-state index contributed by atoms with van der Waals surface area (Å²) in [7, 11) is 1.35. The number of esters is 1. The minimum Gasteiger partial charge on any atom is -0.468 e. The molecule has 1 unspecified atom stereocenters. The van der Waals surface area contributed by atoms with Crippen molar-refractivity contribution in [3.8, 4) is 0 Å². The first kappa shape index (κ1) is 14.4. The topological polar surface area (TPSA) is 41.6 Å². The van der Waals surface area contributed by atoms with E-state index in [4.69, 9.17) is 4.74 Å². The number of methoxy groups -OCH3 is 1. The molecule has 1 aromatic carbocycles. The SMILES string of the molecule is COC(=O)C(c1cc(F)ccc1Br)N1CCNCC1. The number of hydrogen-bond acceptors (Lipinski definition) is 4. The molecule has 0 bridgehead atoms. The summed E-state index contributed by atoms with van der Waals surface area (Å²) in [6.45, 7) is 3.06. The number of hydrogen-bond donors (Lipinski definition) is 1. The van der Waals surface area contributed by atoms with Gasteiger partial charge in [-0.2, -0.15) is 0 Å². The summed E-state index contributed by atoms with van der Waals surface area (Å²) in [6.07, 6.45) is 0. The Hall–Kier alpha value is -0.980. The summed E-state index contributed by atoms with van der Waals surface area (Å²) >= 11 is 3.38. The number of rotatable bonds is 3. The van der Waals surface area contributed by atoms with E-state index >= 15 is 0 Å². The van der Waals surface area contributed by atoms with E-state index in [9.17, 15) is 9.18 Å². The number of nitrogens with one attached hydrogen (secondary N) is 1. The summed E-state index contributed by atoms with van der Waals surface area (Å²) in [5, 5.41) is 3.22. The fourth-order valence-electron chi connectivity index (χ4n) is 2.25. The molecule has 1 fully saturated rings. The molecule has 0 spiro atoms. The molecule has 104 valence electrons. The largest absolute Gasteiger partial charge is 0.468 e. The summed E-state index contributed by atoms with van der Waals surface area (Å²) in [5.74, 6) is -0.726. The predicted molar refractivity (Wildman–Crippen MR) is 73.3 cm³/mol. The summed E-state index contributed by atoms with van der Waals surface area (Å²) in [6, 6.07) is 3.79. The maximum absolute atomic E-state index is 13.4. The zero-order valence-corrected chi connectivity index (χ0v) is 12.2. The molecule has 0 amide bonds. The van der Waals surface area contributed by atoms with Gasteiger partial charge in [0.05, 0.1) is 7.11 Å². The van der Waals surface area contributed by atoms with Gasteiger partial charge < -0.3 is 10.1 Å². The fourth-order valence-corrected chi connectivity index (χ4v) is 2.71. The molecule has 0 aromatic heterocycles. The van der Waals surface area contributed by atoms with E-state index in [0.29, 0.717) is 10.0 Å². The van der Waals surface area contributed by atoms with E-state index < -0.39 is 6.04 Å². The molecule has 0 radical (unpaired) electrons. The van der Waals surface area contributed by atoms with Gasteiger partial charge in [-0.25, -0.2) is 9.18 Å². The molecule has 1 aliphatic rings. The Balaban J connectivity index is 2.36. The normalized spacial score (nSPS) is 18.1. The Bertz CT molecular complexity index is 464. The lowest BCUT2D eigenvalue weighted by molar-refractivity contribution is -0.147. The highest BCUT2D eigenvalue weighted by Crippen LogP contribution is 2.30. The molecule has 1 N–H and O–H groups in total. The second kappa shape index (κ2) is 6.45. The molecule has 0 aliphatic carbocycles. The molecule has 2 rings (SSSR count). The maximum Gasteiger partial charge on any atom is 0.327 e. The number of benzene rings is 1. The van der Waals surface area contributed by atoms with Crippen LogP contribution in [0.4, 0.5) is 4.39 Å². The Kier molecular flexibility index (Phi) is 4.90. The van der Waals surface area contributed by atoms with Crippen molar-refractivity contribution in [3.05, 3.63) is 34.1 Å². The lowest BCUT2D eigenvalue weighted by Gasteiger charge is -2.33. The molecule has 1 aliphatic heterocycles. The highest BCUT2D eigenvalue weighted by atomic mass is 79.9. The van der Waals surface area contributed by atoms with Crippen molar-refractivity contribution in [1.82, 2.24) is 10.2 Å². The van der Waals surface area contributed by atoms with E-state index in [0.717, 1.165) is 26.2 Å². The molecule has 0 saturated carbocycles. The maximum atomic E-state index is 13.4. The van der Waals surface area contributed by atoms with Crippen molar-refractivity contribution in [2.24, 2.45) is 0 Å². The minimum absolute atomic E-state index is 0.359. The number of halogens is 2. The van der Waals surface area contributed by atoms with E-state index in [-0.39, 0.29) is 11.8 Å². The van der Waals surface area contributed by atoms with Gasteiger partial charge in [0, 0.05) is 30.7 Å². The van der Waals surface area contributed by atoms with Crippen molar-refractivity contribution < 1.29 is 13.9 Å². The van der Waals surface area contributed by atoms with Crippen LogP contribution in [0.15, 0.2) is 22.7 Å². The van der Waals surface area contributed by atoms with Crippen molar-refractivity contribution in [3.63, 3.8) is 0 Å². The van der Waals surface area contributed by atoms with Crippen LogP contribution in [-0.4, -0.2) is 44.2 Å². The zero-order valence-electron chi connectivity index (χ0n) is 10.7. The van der Waals surface area contributed by atoms with Gasteiger partial charge >= 0.3 is 5.97 Å². The highest BCUT2D eigenvalue weighted by molar-refractivity contribution is 9.10. The average Bonchev–Trinajstić information content (AvgIpc) is 2.44. The van der Waals surface area contributed by atoms with Gasteiger partial charge in [-0.15, -0.1) is 0 Å². The van der Waals surface area contributed by atoms with Crippen molar-refractivity contribution in [2.75, 3.05) is 33.3 Å². The van der Waals surface area contributed by atoms with Crippen LogP contribution in [0.5, 0.6) is 0 Å². The Morgan fingerprint density at radius 2 is 2.16 bits per heavy atom. The highest BCUT2D eigenvalue weighted by Gasteiger charge is 2.31. The second-order valence-corrected chi connectivity index (χ2v) is 5.23. The molecule has 1 atom stereocenters. The van der Waals surface area contributed by atoms with Crippen LogP contribution in [0.2, 0.25) is 0 Å². The van der Waals surface area contributed by atoms with Crippen LogP contribution in [0.25, 0.3) is 0 Å². The number of carbonyl (C=O) groups is 1. The van der Waals surface area contributed by atoms with Crippen LogP contribution in [0.3, 0.4) is 0 Å². The molecule has 1 heterocycles. The smallest absolute Gasteiger partial charge is 0.327 e. The first-order valence-corrected chi connectivity index (χ1v) is 6.90. The fraction of sp³-hybridized carbons (Fsp3) is 0.462.